The van der Waals surface area contributed by atoms with Gasteiger partial charge in [-0.3, -0.25) is 14.5 Å². The van der Waals surface area contributed by atoms with E-state index in [2.05, 4.69) is 11.8 Å². The average molecular weight is 303 g/mol. The van der Waals surface area contributed by atoms with Crippen LogP contribution in [0, 0.1) is 0 Å². The number of carbonyl (C=O) groups is 1. The Kier molecular flexibility index (Phi) is 4.34. The molecule has 1 amide bonds. The number of carbonyl (C=O) groups excluding carboxylic acids is 1. The van der Waals surface area contributed by atoms with Gasteiger partial charge in [-0.05, 0) is 44.8 Å². The van der Waals surface area contributed by atoms with E-state index in [1.54, 1.807) is 19.3 Å². The van der Waals surface area contributed by atoms with Gasteiger partial charge in [0.2, 0.25) is 0 Å². The zero-order chi connectivity index (χ0) is 15.7. The molecule has 2 atom stereocenters. The fourth-order valence-electron chi connectivity index (χ4n) is 3.97. The number of likely N-dealkylation sites (N-methyl/N-ethyl adjacent to an activating group) is 1. The summed E-state index contributed by atoms with van der Waals surface area (Å²) in [5.74, 6) is 0.0168. The fraction of sp³-hybridized carbons (Fsp3) is 0.647. The molecule has 5 nitrogen and oxygen atoms in total. The molecule has 120 valence electrons. The molecular weight excluding hydrogens is 278 g/mol. The minimum absolute atomic E-state index is 0.0168. The van der Waals surface area contributed by atoms with Crippen molar-refractivity contribution in [2.24, 2.45) is 7.05 Å². The molecule has 1 aromatic heterocycles. The molecule has 2 aliphatic heterocycles. The second-order valence-electron chi connectivity index (χ2n) is 6.41. The summed E-state index contributed by atoms with van der Waals surface area (Å²) in [5, 5.41) is 0. The van der Waals surface area contributed by atoms with Crippen LogP contribution in [0.2, 0.25) is 0 Å². The minimum Gasteiger partial charge on any atom is -0.334 e. The molecule has 0 unspecified atom stereocenters. The molecule has 0 saturated carbocycles. The molecule has 2 aliphatic rings. The number of aryl methyl sites for hydroxylation is 1. The lowest BCUT2D eigenvalue weighted by molar-refractivity contribution is 0.0649. The zero-order valence-corrected chi connectivity index (χ0v) is 13.5. The van der Waals surface area contributed by atoms with Crippen molar-refractivity contribution >= 4 is 5.91 Å². The van der Waals surface area contributed by atoms with Crippen molar-refractivity contribution in [3.05, 3.63) is 34.2 Å². The van der Waals surface area contributed by atoms with Crippen LogP contribution in [0.25, 0.3) is 0 Å². The van der Waals surface area contributed by atoms with E-state index >= 15 is 0 Å². The lowest BCUT2D eigenvalue weighted by Gasteiger charge is -2.34. The van der Waals surface area contributed by atoms with Crippen molar-refractivity contribution in [1.82, 2.24) is 14.4 Å². The number of likely N-dealkylation sites (tertiary alicyclic amines) is 2. The van der Waals surface area contributed by atoms with Gasteiger partial charge in [-0.15, -0.1) is 0 Å². The largest absolute Gasteiger partial charge is 0.334 e. The number of hydrogen-bond donors (Lipinski definition) is 0. The van der Waals surface area contributed by atoms with Crippen LogP contribution in [0.4, 0.5) is 0 Å². The molecule has 0 bridgehead atoms. The highest BCUT2D eigenvalue weighted by Gasteiger charge is 2.39. The molecule has 0 spiro atoms. The topological polar surface area (TPSA) is 45.5 Å². The predicted octanol–water partition coefficient (Wildman–Crippen LogP) is 1.47. The fourth-order valence-corrected chi connectivity index (χ4v) is 3.97. The van der Waals surface area contributed by atoms with Gasteiger partial charge >= 0.3 is 0 Å². The van der Waals surface area contributed by atoms with Crippen molar-refractivity contribution in [2.45, 2.75) is 44.7 Å². The Labute approximate surface area is 131 Å². The second-order valence-corrected chi connectivity index (χ2v) is 6.41. The lowest BCUT2D eigenvalue weighted by atomic mass is 10.0. The van der Waals surface area contributed by atoms with Gasteiger partial charge in [0, 0.05) is 43.5 Å². The summed E-state index contributed by atoms with van der Waals surface area (Å²) in [7, 11) is 1.70. The molecule has 0 N–H and O–H groups in total. The number of aromatic nitrogens is 1. The molecule has 2 saturated heterocycles. The first-order valence-electron chi connectivity index (χ1n) is 8.33. The quantitative estimate of drug-likeness (QED) is 0.849. The van der Waals surface area contributed by atoms with Crippen LogP contribution in [-0.2, 0) is 7.05 Å². The van der Waals surface area contributed by atoms with E-state index in [1.807, 2.05) is 4.90 Å². The molecule has 2 fully saturated rings. The van der Waals surface area contributed by atoms with Gasteiger partial charge in [0.1, 0.15) is 0 Å². The van der Waals surface area contributed by atoms with E-state index in [1.165, 1.54) is 23.5 Å². The molecule has 3 rings (SSSR count). The molecule has 3 heterocycles. The van der Waals surface area contributed by atoms with Gasteiger partial charge in [0.25, 0.3) is 11.5 Å². The molecule has 0 aliphatic carbocycles. The number of nitrogens with zero attached hydrogens (tertiary/aromatic N) is 3. The lowest BCUT2D eigenvalue weighted by Crippen LogP contribution is -2.48. The second kappa shape index (κ2) is 6.24. The van der Waals surface area contributed by atoms with E-state index in [9.17, 15) is 9.59 Å². The maximum Gasteiger partial charge on any atom is 0.254 e. The van der Waals surface area contributed by atoms with Crippen LogP contribution < -0.4 is 5.56 Å². The number of amides is 1. The Morgan fingerprint density at radius 2 is 1.95 bits per heavy atom. The summed E-state index contributed by atoms with van der Waals surface area (Å²) in [6, 6.07) is 4.01. The summed E-state index contributed by atoms with van der Waals surface area (Å²) in [6.07, 6.45) is 6.23. The van der Waals surface area contributed by atoms with Crippen LogP contribution in [0.15, 0.2) is 23.1 Å². The first kappa shape index (κ1) is 15.3. The first-order chi connectivity index (χ1) is 10.6. The zero-order valence-electron chi connectivity index (χ0n) is 13.5. The Morgan fingerprint density at radius 3 is 2.68 bits per heavy atom. The Hall–Kier alpha value is -1.62. The third kappa shape index (κ3) is 2.70. The third-order valence-corrected chi connectivity index (χ3v) is 5.18. The summed E-state index contributed by atoms with van der Waals surface area (Å²) in [6.45, 7) is 5.20. The molecule has 1 aromatic rings. The summed E-state index contributed by atoms with van der Waals surface area (Å²) in [4.78, 5) is 29.1. The minimum atomic E-state index is -0.127. The Bertz CT molecular complexity index is 610. The standard InChI is InChI=1S/C17H25N3O2/c1-3-19-9-4-6-14(19)15-7-5-10-20(15)17(22)13-8-11-18(2)16(21)12-13/h8,11-12,14-15H,3-7,9-10H2,1-2H3/t14-,15+/m1/s1. The highest BCUT2D eigenvalue weighted by atomic mass is 16.2. The number of rotatable bonds is 3. The molecule has 0 radical (unpaired) electrons. The normalized spacial score (nSPS) is 25.8. The maximum absolute atomic E-state index is 12.8. The first-order valence-corrected chi connectivity index (χ1v) is 8.33. The molecule has 22 heavy (non-hydrogen) atoms. The molecule has 0 aromatic carbocycles. The monoisotopic (exact) mass is 303 g/mol. The van der Waals surface area contributed by atoms with Gasteiger partial charge in [-0.1, -0.05) is 6.92 Å². The van der Waals surface area contributed by atoms with E-state index in [0.29, 0.717) is 17.6 Å². The molecular formula is C17H25N3O2. The number of pyridine rings is 1. The van der Waals surface area contributed by atoms with Crippen molar-refractivity contribution in [3.8, 4) is 0 Å². The van der Waals surface area contributed by atoms with Crippen molar-refractivity contribution in [2.75, 3.05) is 19.6 Å². The van der Waals surface area contributed by atoms with Gasteiger partial charge in [0.05, 0.1) is 0 Å². The SMILES string of the molecule is CCN1CCC[C@@H]1[C@@H]1CCCN1C(=O)c1ccn(C)c(=O)c1. The van der Waals surface area contributed by atoms with Gasteiger partial charge in [-0.25, -0.2) is 0 Å². The van der Waals surface area contributed by atoms with E-state index in [0.717, 1.165) is 32.5 Å². The molecule has 5 heteroatoms. The smallest absolute Gasteiger partial charge is 0.254 e. The summed E-state index contributed by atoms with van der Waals surface area (Å²) in [5.41, 5.74) is 0.397. The van der Waals surface area contributed by atoms with Crippen LogP contribution in [-0.4, -0.2) is 52.0 Å². The van der Waals surface area contributed by atoms with Crippen molar-refractivity contribution in [3.63, 3.8) is 0 Å². The Balaban J connectivity index is 1.81. The van der Waals surface area contributed by atoms with Crippen LogP contribution in [0.3, 0.4) is 0 Å². The van der Waals surface area contributed by atoms with E-state index < -0.39 is 0 Å². The predicted molar refractivity (Wildman–Crippen MR) is 86.0 cm³/mol. The summed E-state index contributed by atoms with van der Waals surface area (Å²) < 4.78 is 1.49. The third-order valence-electron chi connectivity index (χ3n) is 5.18. The van der Waals surface area contributed by atoms with Crippen LogP contribution in [0.1, 0.15) is 43.0 Å². The number of hydrogen-bond acceptors (Lipinski definition) is 3. The maximum atomic E-state index is 12.8. The Morgan fingerprint density at radius 1 is 1.23 bits per heavy atom. The highest BCUT2D eigenvalue weighted by molar-refractivity contribution is 5.94. The van der Waals surface area contributed by atoms with Gasteiger partial charge < -0.3 is 9.47 Å². The van der Waals surface area contributed by atoms with E-state index in [-0.39, 0.29) is 11.5 Å². The van der Waals surface area contributed by atoms with Crippen LogP contribution in [0.5, 0.6) is 0 Å². The summed E-state index contributed by atoms with van der Waals surface area (Å²) >= 11 is 0. The van der Waals surface area contributed by atoms with Crippen LogP contribution >= 0.6 is 0 Å². The van der Waals surface area contributed by atoms with Gasteiger partial charge in [0.15, 0.2) is 0 Å². The van der Waals surface area contributed by atoms with E-state index in [4.69, 9.17) is 0 Å². The highest BCUT2D eigenvalue weighted by Crippen LogP contribution is 2.30. The van der Waals surface area contributed by atoms with Gasteiger partial charge in [-0.2, -0.15) is 0 Å². The van der Waals surface area contributed by atoms with Crippen molar-refractivity contribution < 1.29 is 4.79 Å². The average Bonchev–Trinajstić information content (AvgIpc) is 3.16. The van der Waals surface area contributed by atoms with Crippen molar-refractivity contribution in [1.29, 1.82) is 0 Å².